The maximum atomic E-state index is 13.2. The van der Waals surface area contributed by atoms with Crippen molar-refractivity contribution in [1.29, 1.82) is 0 Å². The molecule has 1 fully saturated rings. The van der Waals surface area contributed by atoms with E-state index in [0.29, 0.717) is 41.5 Å². The molecule has 0 saturated carbocycles. The summed E-state index contributed by atoms with van der Waals surface area (Å²) >= 11 is 0. The quantitative estimate of drug-likeness (QED) is 0.319. The number of nitrogens with zero attached hydrogens (tertiary/aromatic N) is 2. The number of aliphatic hydroxyl groups is 1. The number of Topliss-reactive ketones (excluding diaryl/α,β-unsaturated/α-hetero) is 1. The van der Waals surface area contributed by atoms with Crippen molar-refractivity contribution in [2.24, 2.45) is 5.92 Å². The van der Waals surface area contributed by atoms with Crippen molar-refractivity contribution >= 4 is 17.4 Å². The number of aliphatic hydroxyl groups excluding tert-OH is 1. The summed E-state index contributed by atoms with van der Waals surface area (Å²) in [6.07, 6.45) is 0. The van der Waals surface area contributed by atoms with Gasteiger partial charge in [0.1, 0.15) is 11.5 Å². The van der Waals surface area contributed by atoms with Crippen molar-refractivity contribution in [2.75, 3.05) is 40.9 Å². The maximum absolute atomic E-state index is 13.2. The minimum Gasteiger partial charge on any atom is -0.507 e. The number of phenols is 1. The van der Waals surface area contributed by atoms with Crippen molar-refractivity contribution in [3.63, 3.8) is 0 Å². The maximum Gasteiger partial charge on any atom is 0.295 e. The van der Waals surface area contributed by atoms with Gasteiger partial charge in [-0.1, -0.05) is 19.9 Å². The van der Waals surface area contributed by atoms with Crippen molar-refractivity contribution in [1.82, 2.24) is 9.80 Å². The van der Waals surface area contributed by atoms with E-state index in [9.17, 15) is 19.8 Å². The number of amides is 1. The fourth-order valence-electron chi connectivity index (χ4n) is 4.03. The molecule has 35 heavy (non-hydrogen) atoms. The molecule has 1 amide bonds. The Bertz CT molecular complexity index is 1140. The molecule has 188 valence electrons. The molecule has 0 spiro atoms. The predicted molar refractivity (Wildman–Crippen MR) is 134 cm³/mol. The molecule has 2 aromatic rings. The Morgan fingerprint density at radius 2 is 1.86 bits per heavy atom. The Kier molecular flexibility index (Phi) is 8.07. The zero-order valence-electron chi connectivity index (χ0n) is 21.2. The van der Waals surface area contributed by atoms with Gasteiger partial charge in [-0.25, -0.2) is 0 Å². The summed E-state index contributed by atoms with van der Waals surface area (Å²) in [6.45, 7) is 7.30. The Hall–Kier alpha value is -3.52. The zero-order valence-corrected chi connectivity index (χ0v) is 21.2. The number of carbonyl (C=O) groups is 2. The molecular formula is C27H34N2O6. The number of aromatic hydroxyl groups is 1. The molecule has 0 bridgehead atoms. The zero-order chi connectivity index (χ0) is 25.9. The van der Waals surface area contributed by atoms with Gasteiger partial charge in [0, 0.05) is 18.7 Å². The van der Waals surface area contributed by atoms with Crippen LogP contribution in [0, 0.1) is 12.8 Å². The minimum atomic E-state index is -0.833. The van der Waals surface area contributed by atoms with E-state index in [1.54, 1.807) is 30.3 Å². The van der Waals surface area contributed by atoms with Crippen molar-refractivity contribution in [2.45, 2.75) is 26.8 Å². The van der Waals surface area contributed by atoms with Gasteiger partial charge in [-0.05, 0) is 68.4 Å². The topological polar surface area (TPSA) is 99.5 Å². The lowest BCUT2D eigenvalue weighted by molar-refractivity contribution is -0.140. The smallest absolute Gasteiger partial charge is 0.295 e. The van der Waals surface area contributed by atoms with Crippen LogP contribution in [0.4, 0.5) is 0 Å². The van der Waals surface area contributed by atoms with Crippen LogP contribution in [0.5, 0.6) is 17.2 Å². The molecule has 8 nitrogen and oxygen atoms in total. The highest BCUT2D eigenvalue weighted by Gasteiger charge is 2.46. The molecule has 1 aliphatic rings. The minimum absolute atomic E-state index is 0.000415. The molecule has 1 atom stereocenters. The molecule has 8 heteroatoms. The number of likely N-dealkylation sites (tertiary alicyclic amines) is 1. The van der Waals surface area contributed by atoms with Crippen LogP contribution in [0.25, 0.3) is 5.76 Å². The van der Waals surface area contributed by atoms with Gasteiger partial charge in [-0.15, -0.1) is 0 Å². The number of benzene rings is 2. The molecule has 0 unspecified atom stereocenters. The van der Waals surface area contributed by atoms with Crippen LogP contribution in [0.1, 0.15) is 36.6 Å². The highest BCUT2D eigenvalue weighted by Crippen LogP contribution is 2.42. The molecule has 1 saturated heterocycles. The second-order valence-electron chi connectivity index (χ2n) is 9.41. The SMILES string of the molecule is COc1cc([C@H]2C(=C(O)c3ccc(OCC(C)C)cc3C)C(=O)C(=O)N2CCN(C)C)ccc1O. The standard InChI is InChI=1S/C27H34N2O6/c1-16(2)15-35-19-8-9-20(17(3)13-19)25(31)23-24(18-7-10-21(30)22(14-18)34-6)29(12-11-28(4)5)27(33)26(23)32/h7-10,13-14,16,24,30-31H,11-12,15H2,1-6H3/t24-/m0/s1. The molecule has 1 heterocycles. The number of likely N-dealkylation sites (N-methyl/N-ethyl adjacent to an activating group) is 1. The molecule has 1 aliphatic heterocycles. The second-order valence-corrected chi connectivity index (χ2v) is 9.41. The number of phenolic OH excluding ortho intramolecular Hbond substituents is 1. The first-order valence-corrected chi connectivity index (χ1v) is 11.6. The number of ether oxygens (including phenoxy) is 2. The first-order valence-electron chi connectivity index (χ1n) is 11.6. The number of ketones is 1. The van der Waals surface area contributed by atoms with E-state index in [-0.39, 0.29) is 29.4 Å². The number of rotatable bonds is 9. The monoisotopic (exact) mass is 482 g/mol. The molecule has 3 rings (SSSR count). The van der Waals surface area contributed by atoms with Crippen molar-refractivity contribution in [3.05, 3.63) is 58.7 Å². The van der Waals surface area contributed by atoms with Crippen molar-refractivity contribution in [3.8, 4) is 17.2 Å². The Morgan fingerprint density at radius 3 is 2.46 bits per heavy atom. The lowest BCUT2D eigenvalue weighted by Crippen LogP contribution is -2.35. The first-order chi connectivity index (χ1) is 16.5. The van der Waals surface area contributed by atoms with Crippen LogP contribution in [0.15, 0.2) is 42.0 Å². The fourth-order valence-corrected chi connectivity index (χ4v) is 4.03. The van der Waals surface area contributed by atoms with Gasteiger partial charge in [-0.2, -0.15) is 0 Å². The van der Waals surface area contributed by atoms with E-state index < -0.39 is 17.7 Å². The lowest BCUT2D eigenvalue weighted by atomic mass is 9.93. The van der Waals surface area contributed by atoms with E-state index in [0.717, 1.165) is 0 Å². The third kappa shape index (κ3) is 5.59. The van der Waals surface area contributed by atoms with E-state index >= 15 is 0 Å². The number of carbonyl (C=O) groups excluding carboxylic acids is 2. The van der Waals surface area contributed by atoms with Gasteiger partial charge in [0.05, 0.1) is 25.3 Å². The third-order valence-corrected chi connectivity index (χ3v) is 5.88. The van der Waals surface area contributed by atoms with Gasteiger partial charge in [0.25, 0.3) is 11.7 Å². The molecule has 0 aliphatic carbocycles. The fraction of sp³-hybridized carbons (Fsp3) is 0.407. The van der Waals surface area contributed by atoms with Crippen LogP contribution in [0.3, 0.4) is 0 Å². The van der Waals surface area contributed by atoms with E-state index in [4.69, 9.17) is 9.47 Å². The Morgan fingerprint density at radius 1 is 1.14 bits per heavy atom. The van der Waals surface area contributed by atoms with Gasteiger partial charge in [-0.3, -0.25) is 9.59 Å². The first kappa shape index (κ1) is 26.1. The summed E-state index contributed by atoms with van der Waals surface area (Å²) in [6, 6.07) is 9.07. The Balaban J connectivity index is 2.12. The van der Waals surface area contributed by atoms with Gasteiger partial charge in [0.2, 0.25) is 0 Å². The predicted octanol–water partition coefficient (Wildman–Crippen LogP) is 3.73. The summed E-state index contributed by atoms with van der Waals surface area (Å²) in [7, 11) is 5.18. The summed E-state index contributed by atoms with van der Waals surface area (Å²) < 4.78 is 11.0. The average Bonchev–Trinajstić information content (AvgIpc) is 3.06. The highest BCUT2D eigenvalue weighted by molar-refractivity contribution is 6.46. The summed E-state index contributed by atoms with van der Waals surface area (Å²) in [5.74, 6) is -0.501. The number of hydrogen-bond acceptors (Lipinski definition) is 7. The third-order valence-electron chi connectivity index (χ3n) is 5.88. The van der Waals surface area contributed by atoms with Crippen LogP contribution in [-0.2, 0) is 9.59 Å². The van der Waals surface area contributed by atoms with Crippen LogP contribution < -0.4 is 9.47 Å². The van der Waals surface area contributed by atoms with E-state index in [1.165, 1.54) is 18.1 Å². The lowest BCUT2D eigenvalue weighted by Gasteiger charge is -2.27. The number of aryl methyl sites for hydroxylation is 1. The van der Waals surface area contributed by atoms with Gasteiger partial charge in [0.15, 0.2) is 11.5 Å². The van der Waals surface area contributed by atoms with Crippen molar-refractivity contribution < 1.29 is 29.3 Å². The van der Waals surface area contributed by atoms with Crippen LogP contribution in [0.2, 0.25) is 0 Å². The largest absolute Gasteiger partial charge is 0.507 e. The highest BCUT2D eigenvalue weighted by atomic mass is 16.5. The summed E-state index contributed by atoms with van der Waals surface area (Å²) in [5.41, 5.74) is 1.71. The summed E-state index contributed by atoms with van der Waals surface area (Å²) in [5, 5.41) is 21.4. The molecule has 2 N–H and O–H groups in total. The summed E-state index contributed by atoms with van der Waals surface area (Å²) in [4.78, 5) is 29.6. The van der Waals surface area contributed by atoms with E-state index in [2.05, 4.69) is 13.8 Å². The average molecular weight is 483 g/mol. The van der Waals surface area contributed by atoms with E-state index in [1.807, 2.05) is 25.9 Å². The number of methoxy groups -OCH3 is 1. The normalized spacial score (nSPS) is 17.5. The molecule has 0 radical (unpaired) electrons. The Labute approximate surface area is 206 Å². The van der Waals surface area contributed by atoms with Gasteiger partial charge < -0.3 is 29.5 Å². The molecule has 2 aromatic carbocycles. The van der Waals surface area contributed by atoms with Crippen LogP contribution >= 0.6 is 0 Å². The molecular weight excluding hydrogens is 448 g/mol. The van der Waals surface area contributed by atoms with Gasteiger partial charge >= 0.3 is 0 Å². The van der Waals surface area contributed by atoms with Crippen LogP contribution in [-0.4, -0.2) is 72.6 Å². The number of hydrogen-bond donors (Lipinski definition) is 2. The second kappa shape index (κ2) is 10.8. The molecule has 0 aromatic heterocycles.